The fraction of sp³-hybridized carbons (Fsp3) is 0.429. The summed E-state index contributed by atoms with van der Waals surface area (Å²) in [7, 11) is 3.34. The summed E-state index contributed by atoms with van der Waals surface area (Å²) < 4.78 is 0. The van der Waals surface area contributed by atoms with Crippen molar-refractivity contribution < 1.29 is 24.9 Å². The molecule has 3 amide bonds. The molecule has 0 atom stereocenters. The van der Waals surface area contributed by atoms with Gasteiger partial charge in [0.25, 0.3) is 5.91 Å². The lowest BCUT2D eigenvalue weighted by atomic mass is 10.1. The van der Waals surface area contributed by atoms with Crippen LogP contribution in [-0.2, 0) is 0 Å². The summed E-state index contributed by atoms with van der Waals surface area (Å²) in [6, 6.07) is 2.11. The number of phenols is 3. The van der Waals surface area contributed by atoms with E-state index in [1.165, 1.54) is 9.80 Å². The first-order chi connectivity index (χ1) is 10.3. The highest BCUT2D eigenvalue weighted by molar-refractivity contribution is 5.95. The number of amides is 3. The summed E-state index contributed by atoms with van der Waals surface area (Å²) in [4.78, 5) is 28.8. The number of hydrogen-bond donors (Lipinski definition) is 3. The number of rotatable bonds is 1. The van der Waals surface area contributed by atoms with Gasteiger partial charge in [-0.05, 0) is 12.1 Å². The van der Waals surface area contributed by atoms with Crippen molar-refractivity contribution in [1.29, 1.82) is 0 Å². The summed E-state index contributed by atoms with van der Waals surface area (Å²) in [5.74, 6) is -2.13. The highest BCUT2D eigenvalue weighted by atomic mass is 16.3. The number of carbonyl (C=O) groups excluding carboxylic acids is 2. The normalized spacial score (nSPS) is 14.8. The molecule has 1 fully saturated rings. The van der Waals surface area contributed by atoms with E-state index in [-0.39, 0.29) is 17.5 Å². The van der Waals surface area contributed by atoms with Gasteiger partial charge in [0.1, 0.15) is 0 Å². The lowest BCUT2D eigenvalue weighted by Crippen LogP contribution is -2.52. The Kier molecular flexibility index (Phi) is 4.30. The van der Waals surface area contributed by atoms with Crippen molar-refractivity contribution in [3.63, 3.8) is 0 Å². The average molecular weight is 309 g/mol. The zero-order valence-corrected chi connectivity index (χ0v) is 12.5. The van der Waals surface area contributed by atoms with E-state index in [9.17, 15) is 24.9 Å². The molecule has 120 valence electrons. The van der Waals surface area contributed by atoms with Crippen LogP contribution in [0, 0.1) is 0 Å². The number of aromatic hydroxyl groups is 3. The molecule has 0 spiro atoms. The van der Waals surface area contributed by atoms with E-state index in [1.54, 1.807) is 19.0 Å². The minimum atomic E-state index is -0.655. The third-order valence-electron chi connectivity index (χ3n) is 3.54. The van der Waals surface area contributed by atoms with E-state index >= 15 is 0 Å². The highest BCUT2D eigenvalue weighted by Gasteiger charge is 2.26. The van der Waals surface area contributed by atoms with Crippen LogP contribution in [0.5, 0.6) is 17.2 Å². The molecule has 3 N–H and O–H groups in total. The van der Waals surface area contributed by atoms with Crippen molar-refractivity contribution in [2.24, 2.45) is 0 Å². The molecular weight excluding hydrogens is 290 g/mol. The maximum atomic E-state index is 12.3. The molecule has 1 aliphatic heterocycles. The second-order valence-electron chi connectivity index (χ2n) is 5.32. The molecule has 0 unspecified atom stereocenters. The van der Waals surface area contributed by atoms with E-state index in [4.69, 9.17) is 0 Å². The van der Waals surface area contributed by atoms with Crippen LogP contribution in [-0.4, -0.2) is 82.2 Å². The maximum absolute atomic E-state index is 12.3. The topological polar surface area (TPSA) is 105 Å². The van der Waals surface area contributed by atoms with Gasteiger partial charge in [-0.2, -0.15) is 0 Å². The number of phenolic OH excluding ortho intramolecular Hbond substituents is 3. The molecule has 1 aliphatic rings. The van der Waals surface area contributed by atoms with Gasteiger partial charge in [-0.25, -0.2) is 4.79 Å². The Morgan fingerprint density at radius 2 is 1.41 bits per heavy atom. The van der Waals surface area contributed by atoms with Gasteiger partial charge in [0, 0.05) is 45.8 Å². The molecule has 22 heavy (non-hydrogen) atoms. The molecule has 0 saturated carbocycles. The molecule has 8 nitrogen and oxygen atoms in total. The predicted molar refractivity (Wildman–Crippen MR) is 78.0 cm³/mol. The fourth-order valence-corrected chi connectivity index (χ4v) is 2.29. The molecule has 0 radical (unpaired) electrons. The van der Waals surface area contributed by atoms with Crippen LogP contribution in [0.3, 0.4) is 0 Å². The molecule has 0 bridgehead atoms. The Hall–Kier alpha value is -2.64. The summed E-state index contributed by atoms with van der Waals surface area (Å²) in [6.07, 6.45) is 0. The predicted octanol–water partition coefficient (Wildman–Crippen LogP) is 0.243. The molecular formula is C14H19N3O5. The van der Waals surface area contributed by atoms with Gasteiger partial charge in [-0.3, -0.25) is 4.79 Å². The van der Waals surface area contributed by atoms with Crippen molar-refractivity contribution >= 4 is 11.9 Å². The Morgan fingerprint density at radius 1 is 0.955 bits per heavy atom. The first-order valence-electron chi connectivity index (χ1n) is 6.81. The number of benzene rings is 1. The van der Waals surface area contributed by atoms with Gasteiger partial charge in [-0.15, -0.1) is 0 Å². The third-order valence-corrected chi connectivity index (χ3v) is 3.54. The van der Waals surface area contributed by atoms with Crippen LogP contribution in [0.1, 0.15) is 10.4 Å². The van der Waals surface area contributed by atoms with Gasteiger partial charge in [0.15, 0.2) is 17.2 Å². The SMILES string of the molecule is CN(C)C(=O)N1CCN(C(=O)c2cc(O)c(O)c(O)c2)CC1. The van der Waals surface area contributed by atoms with Gasteiger partial charge in [-0.1, -0.05) is 0 Å². The number of hydrogen-bond acceptors (Lipinski definition) is 5. The summed E-state index contributed by atoms with van der Waals surface area (Å²) >= 11 is 0. The Balaban J connectivity index is 2.05. The summed E-state index contributed by atoms with van der Waals surface area (Å²) in [6.45, 7) is 1.55. The number of carbonyl (C=O) groups is 2. The fourth-order valence-electron chi connectivity index (χ4n) is 2.29. The largest absolute Gasteiger partial charge is 0.504 e. The van der Waals surface area contributed by atoms with Crippen LogP contribution in [0.4, 0.5) is 4.79 Å². The first-order valence-corrected chi connectivity index (χ1v) is 6.81. The summed E-state index contributed by atoms with van der Waals surface area (Å²) in [5, 5.41) is 28.2. The van der Waals surface area contributed by atoms with E-state index in [2.05, 4.69) is 0 Å². The molecule has 1 aromatic carbocycles. The number of nitrogens with zero attached hydrogens (tertiary/aromatic N) is 3. The zero-order valence-electron chi connectivity index (χ0n) is 12.5. The van der Waals surface area contributed by atoms with Gasteiger partial charge in [0.2, 0.25) is 0 Å². The van der Waals surface area contributed by atoms with E-state index < -0.39 is 17.2 Å². The lowest BCUT2D eigenvalue weighted by Gasteiger charge is -2.36. The monoisotopic (exact) mass is 309 g/mol. The Labute approximate surface area is 127 Å². The quantitative estimate of drug-likeness (QED) is 0.645. The second-order valence-corrected chi connectivity index (χ2v) is 5.32. The molecule has 1 aromatic rings. The van der Waals surface area contributed by atoms with Crippen molar-refractivity contribution in [2.75, 3.05) is 40.3 Å². The standard InChI is InChI=1S/C14H19N3O5/c1-15(2)14(22)17-5-3-16(4-6-17)13(21)9-7-10(18)12(20)11(19)8-9/h7-8,18-20H,3-6H2,1-2H3. The van der Waals surface area contributed by atoms with E-state index in [0.29, 0.717) is 26.2 Å². The molecule has 2 rings (SSSR count). The zero-order chi connectivity index (χ0) is 16.4. The smallest absolute Gasteiger partial charge is 0.319 e. The minimum absolute atomic E-state index is 0.0835. The molecule has 0 aliphatic carbocycles. The average Bonchev–Trinajstić information content (AvgIpc) is 2.50. The van der Waals surface area contributed by atoms with Crippen molar-refractivity contribution in [2.45, 2.75) is 0 Å². The second kappa shape index (κ2) is 6.00. The Morgan fingerprint density at radius 3 is 1.86 bits per heavy atom. The summed E-state index contributed by atoms with van der Waals surface area (Å²) in [5.41, 5.74) is 0.0835. The number of piperazine rings is 1. The van der Waals surface area contributed by atoms with Gasteiger partial charge < -0.3 is 30.0 Å². The highest BCUT2D eigenvalue weighted by Crippen LogP contribution is 2.35. The first kappa shape index (κ1) is 15.7. The van der Waals surface area contributed by atoms with Crippen LogP contribution in [0.2, 0.25) is 0 Å². The Bertz CT molecular complexity index is 571. The van der Waals surface area contributed by atoms with Crippen LogP contribution < -0.4 is 0 Å². The third kappa shape index (κ3) is 3.00. The molecule has 1 heterocycles. The number of urea groups is 1. The van der Waals surface area contributed by atoms with E-state index in [0.717, 1.165) is 12.1 Å². The van der Waals surface area contributed by atoms with Crippen LogP contribution >= 0.6 is 0 Å². The molecule has 8 heteroatoms. The van der Waals surface area contributed by atoms with Crippen molar-refractivity contribution in [3.8, 4) is 17.2 Å². The maximum Gasteiger partial charge on any atom is 0.319 e. The van der Waals surface area contributed by atoms with Crippen molar-refractivity contribution in [3.05, 3.63) is 17.7 Å². The molecule has 0 aromatic heterocycles. The molecule has 1 saturated heterocycles. The van der Waals surface area contributed by atoms with Gasteiger partial charge >= 0.3 is 6.03 Å². The minimum Gasteiger partial charge on any atom is -0.504 e. The lowest BCUT2D eigenvalue weighted by molar-refractivity contribution is 0.0649. The van der Waals surface area contributed by atoms with E-state index in [1.807, 2.05) is 0 Å². The van der Waals surface area contributed by atoms with Gasteiger partial charge in [0.05, 0.1) is 0 Å². The van der Waals surface area contributed by atoms with Crippen LogP contribution in [0.25, 0.3) is 0 Å². The van der Waals surface area contributed by atoms with Crippen molar-refractivity contribution in [1.82, 2.24) is 14.7 Å². The van der Waals surface area contributed by atoms with Crippen LogP contribution in [0.15, 0.2) is 12.1 Å².